The van der Waals surface area contributed by atoms with Crippen molar-refractivity contribution in [3.05, 3.63) is 16.1 Å². The third-order valence-electron chi connectivity index (χ3n) is 3.24. The molecule has 0 aromatic carbocycles. The number of amides is 2. The van der Waals surface area contributed by atoms with Crippen molar-refractivity contribution in [2.75, 3.05) is 39.3 Å². The predicted octanol–water partition coefficient (Wildman–Crippen LogP) is -0.339. The molecule has 1 aliphatic rings. The lowest BCUT2D eigenvalue weighted by Crippen LogP contribution is -2.52. The molecule has 2 heterocycles. The van der Waals surface area contributed by atoms with Crippen LogP contribution in [0.25, 0.3) is 0 Å². The first-order valence-corrected chi connectivity index (χ1v) is 7.52. The Labute approximate surface area is 126 Å². The Kier molecular flexibility index (Phi) is 5.48. The van der Waals surface area contributed by atoms with Crippen molar-refractivity contribution < 1.29 is 19.8 Å². The summed E-state index contributed by atoms with van der Waals surface area (Å²) >= 11 is 1.21. The Bertz CT molecular complexity index is 499. The number of rotatable bonds is 5. The van der Waals surface area contributed by atoms with Gasteiger partial charge in [0.1, 0.15) is 5.01 Å². The summed E-state index contributed by atoms with van der Waals surface area (Å²) in [5.74, 6) is -1.07. The van der Waals surface area contributed by atoms with E-state index in [0.29, 0.717) is 24.6 Å². The van der Waals surface area contributed by atoms with E-state index in [2.05, 4.69) is 15.2 Å². The van der Waals surface area contributed by atoms with Crippen LogP contribution in [0.1, 0.15) is 15.5 Å². The molecule has 3 N–H and O–H groups in total. The summed E-state index contributed by atoms with van der Waals surface area (Å²) in [7, 11) is 0. The first-order chi connectivity index (χ1) is 10.1. The van der Waals surface area contributed by atoms with Gasteiger partial charge in [-0.1, -0.05) is 0 Å². The van der Waals surface area contributed by atoms with E-state index in [-0.39, 0.29) is 24.9 Å². The van der Waals surface area contributed by atoms with Crippen LogP contribution in [0.3, 0.4) is 0 Å². The van der Waals surface area contributed by atoms with Crippen molar-refractivity contribution in [1.29, 1.82) is 0 Å². The van der Waals surface area contributed by atoms with E-state index in [0.717, 1.165) is 13.1 Å². The van der Waals surface area contributed by atoms with E-state index in [1.807, 2.05) is 0 Å². The van der Waals surface area contributed by atoms with Gasteiger partial charge in [-0.25, -0.2) is 14.6 Å². The van der Waals surface area contributed by atoms with Crippen LogP contribution in [0.2, 0.25) is 0 Å². The van der Waals surface area contributed by atoms with Crippen LogP contribution < -0.4 is 5.32 Å². The van der Waals surface area contributed by atoms with Crippen molar-refractivity contribution in [2.24, 2.45) is 0 Å². The quantitative estimate of drug-likeness (QED) is 0.686. The second-order valence-electron chi connectivity index (χ2n) is 4.64. The SMILES string of the molecule is O=C(O)c1csc(CNC(=O)N2CCN(CCO)CC2)n1. The van der Waals surface area contributed by atoms with Gasteiger partial charge >= 0.3 is 12.0 Å². The number of piperazine rings is 1. The van der Waals surface area contributed by atoms with Crippen molar-refractivity contribution in [3.8, 4) is 0 Å². The first kappa shape index (κ1) is 15.7. The lowest BCUT2D eigenvalue weighted by atomic mass is 10.3. The maximum Gasteiger partial charge on any atom is 0.355 e. The van der Waals surface area contributed by atoms with Crippen LogP contribution in [-0.4, -0.2) is 76.3 Å². The molecule has 116 valence electrons. The fourth-order valence-corrected chi connectivity index (χ4v) is 2.78. The normalized spacial score (nSPS) is 16.0. The molecule has 1 saturated heterocycles. The van der Waals surface area contributed by atoms with Gasteiger partial charge in [-0.2, -0.15) is 0 Å². The van der Waals surface area contributed by atoms with Gasteiger partial charge in [-0.05, 0) is 0 Å². The van der Waals surface area contributed by atoms with Gasteiger partial charge in [0.25, 0.3) is 0 Å². The number of urea groups is 1. The zero-order chi connectivity index (χ0) is 15.2. The lowest BCUT2D eigenvalue weighted by molar-refractivity contribution is 0.0691. The number of aromatic nitrogens is 1. The van der Waals surface area contributed by atoms with Gasteiger partial charge in [0.2, 0.25) is 0 Å². The monoisotopic (exact) mass is 314 g/mol. The number of aliphatic hydroxyl groups excluding tert-OH is 1. The summed E-state index contributed by atoms with van der Waals surface area (Å²) in [5, 5.41) is 22.4. The van der Waals surface area contributed by atoms with E-state index >= 15 is 0 Å². The lowest BCUT2D eigenvalue weighted by Gasteiger charge is -2.34. The number of carboxylic acids is 1. The molecule has 1 aromatic rings. The first-order valence-electron chi connectivity index (χ1n) is 6.64. The highest BCUT2D eigenvalue weighted by Crippen LogP contribution is 2.09. The molecule has 0 radical (unpaired) electrons. The molecule has 21 heavy (non-hydrogen) atoms. The molecule has 0 saturated carbocycles. The Morgan fingerprint density at radius 2 is 2.05 bits per heavy atom. The van der Waals surface area contributed by atoms with Crippen LogP contribution >= 0.6 is 11.3 Å². The van der Waals surface area contributed by atoms with E-state index < -0.39 is 5.97 Å². The second-order valence-corrected chi connectivity index (χ2v) is 5.59. The Morgan fingerprint density at radius 1 is 1.33 bits per heavy atom. The number of hydrogen-bond acceptors (Lipinski definition) is 6. The van der Waals surface area contributed by atoms with Crippen LogP contribution in [0, 0.1) is 0 Å². The van der Waals surface area contributed by atoms with E-state index in [1.165, 1.54) is 16.7 Å². The summed E-state index contributed by atoms with van der Waals surface area (Å²) in [4.78, 5) is 30.4. The minimum absolute atomic E-state index is 0.00173. The topological polar surface area (TPSA) is 106 Å². The summed E-state index contributed by atoms with van der Waals surface area (Å²) in [6, 6.07) is -0.175. The van der Waals surface area contributed by atoms with Crippen LogP contribution in [0.15, 0.2) is 5.38 Å². The second kappa shape index (κ2) is 7.34. The minimum Gasteiger partial charge on any atom is -0.476 e. The molecule has 0 spiro atoms. The molecule has 1 aromatic heterocycles. The largest absolute Gasteiger partial charge is 0.476 e. The summed E-state index contributed by atoms with van der Waals surface area (Å²) in [6.07, 6.45) is 0. The zero-order valence-corrected chi connectivity index (χ0v) is 12.3. The summed E-state index contributed by atoms with van der Waals surface area (Å²) < 4.78 is 0. The molecular weight excluding hydrogens is 296 g/mol. The number of carbonyl (C=O) groups excluding carboxylic acids is 1. The molecule has 1 aliphatic heterocycles. The van der Waals surface area contributed by atoms with Gasteiger partial charge in [0.15, 0.2) is 5.69 Å². The molecule has 2 amide bonds. The average Bonchev–Trinajstić information content (AvgIpc) is 2.95. The molecule has 8 nitrogen and oxygen atoms in total. The van der Waals surface area contributed by atoms with E-state index in [1.54, 1.807) is 4.90 Å². The fraction of sp³-hybridized carbons (Fsp3) is 0.583. The number of thiazole rings is 1. The van der Waals surface area contributed by atoms with E-state index in [4.69, 9.17) is 10.2 Å². The maximum atomic E-state index is 12.0. The smallest absolute Gasteiger partial charge is 0.355 e. The van der Waals surface area contributed by atoms with Crippen molar-refractivity contribution in [2.45, 2.75) is 6.54 Å². The predicted molar refractivity (Wildman–Crippen MR) is 76.4 cm³/mol. The van der Waals surface area contributed by atoms with E-state index in [9.17, 15) is 9.59 Å². The van der Waals surface area contributed by atoms with Crippen molar-refractivity contribution in [3.63, 3.8) is 0 Å². The average molecular weight is 314 g/mol. The molecule has 9 heteroatoms. The third-order valence-corrected chi connectivity index (χ3v) is 4.09. The van der Waals surface area contributed by atoms with Gasteiger partial charge in [0.05, 0.1) is 13.2 Å². The Morgan fingerprint density at radius 3 is 2.62 bits per heavy atom. The minimum atomic E-state index is -1.07. The number of carbonyl (C=O) groups is 2. The summed E-state index contributed by atoms with van der Waals surface area (Å²) in [5.41, 5.74) is 0.00173. The Balaban J connectivity index is 1.75. The number of carboxylic acid groups (broad SMARTS) is 1. The molecule has 0 atom stereocenters. The van der Waals surface area contributed by atoms with Gasteiger partial charge < -0.3 is 20.4 Å². The van der Waals surface area contributed by atoms with Crippen molar-refractivity contribution >= 4 is 23.3 Å². The van der Waals surface area contributed by atoms with Gasteiger partial charge in [0, 0.05) is 38.1 Å². The van der Waals surface area contributed by atoms with Gasteiger partial charge in [-0.15, -0.1) is 11.3 Å². The number of β-amino-alcohol motifs (C(OH)–C–C–N with tert-alkyl or cyclic N) is 1. The summed E-state index contributed by atoms with van der Waals surface area (Å²) in [6.45, 7) is 3.71. The van der Waals surface area contributed by atoms with Crippen LogP contribution in [0.4, 0.5) is 4.79 Å². The number of aliphatic hydroxyl groups is 1. The number of nitrogens with zero attached hydrogens (tertiary/aromatic N) is 3. The molecule has 2 rings (SSSR count). The highest BCUT2D eigenvalue weighted by Gasteiger charge is 2.20. The zero-order valence-electron chi connectivity index (χ0n) is 11.5. The van der Waals surface area contributed by atoms with Gasteiger partial charge in [-0.3, -0.25) is 4.90 Å². The highest BCUT2D eigenvalue weighted by atomic mass is 32.1. The van der Waals surface area contributed by atoms with Crippen molar-refractivity contribution in [1.82, 2.24) is 20.1 Å². The fourth-order valence-electron chi connectivity index (χ4n) is 2.07. The highest BCUT2D eigenvalue weighted by molar-refractivity contribution is 7.09. The molecule has 1 fully saturated rings. The van der Waals surface area contributed by atoms with Crippen LogP contribution in [0.5, 0.6) is 0 Å². The standard InChI is InChI=1S/C12H18N4O4S/c17-6-5-15-1-3-16(4-2-15)12(20)13-7-10-14-9(8-21-10)11(18)19/h8,17H,1-7H2,(H,13,20)(H,18,19). The molecule has 0 bridgehead atoms. The molecule has 0 unspecified atom stereocenters. The third kappa shape index (κ3) is 4.38. The number of hydrogen-bond donors (Lipinski definition) is 3. The number of nitrogens with one attached hydrogen (secondary N) is 1. The maximum absolute atomic E-state index is 12.0. The van der Waals surface area contributed by atoms with Crippen LogP contribution in [-0.2, 0) is 6.54 Å². The molecule has 0 aliphatic carbocycles. The molecular formula is C12H18N4O4S. The number of aromatic carboxylic acids is 1. The Hall–Kier alpha value is -1.71.